The van der Waals surface area contributed by atoms with Gasteiger partial charge in [-0.2, -0.15) is 0 Å². The van der Waals surface area contributed by atoms with Crippen LogP contribution in [-0.2, 0) is 10.0 Å². The molecule has 4 nitrogen and oxygen atoms in total. The molecule has 0 saturated carbocycles. The lowest BCUT2D eigenvalue weighted by Gasteiger charge is -2.08. The summed E-state index contributed by atoms with van der Waals surface area (Å²) < 4.78 is 40.0. The molecule has 0 amide bonds. The highest BCUT2D eigenvalue weighted by Gasteiger charge is 2.19. The van der Waals surface area contributed by atoms with Crippen LogP contribution in [0.5, 0.6) is 0 Å². The highest BCUT2D eigenvalue weighted by molar-refractivity contribution is 7.94. The number of rotatable bonds is 3. The van der Waals surface area contributed by atoms with Gasteiger partial charge in [-0.3, -0.25) is 4.72 Å². The number of nitrogens with two attached hydrogens (primary N) is 1. The fourth-order valence-corrected chi connectivity index (χ4v) is 4.16. The standard InChI is InChI=1S/C11H10ClFN2O2S2/c1-6-4-10(18-11(6)12)19(16,17)15-9-5-7(13)2-3-8(9)14/h2-5,15H,14H2,1H3. The van der Waals surface area contributed by atoms with Crippen molar-refractivity contribution in [3.8, 4) is 0 Å². The van der Waals surface area contributed by atoms with Crippen LogP contribution in [0.25, 0.3) is 0 Å². The average molecular weight is 321 g/mol. The molecule has 2 rings (SSSR count). The molecule has 1 aromatic heterocycles. The number of nitrogen functional groups attached to an aromatic ring is 1. The first kappa shape index (κ1) is 14.1. The number of thiophene rings is 1. The van der Waals surface area contributed by atoms with E-state index in [0.717, 1.165) is 23.5 Å². The van der Waals surface area contributed by atoms with Crippen LogP contribution in [0.3, 0.4) is 0 Å². The van der Waals surface area contributed by atoms with Gasteiger partial charge in [0.15, 0.2) is 0 Å². The number of halogens is 2. The molecular formula is C11H10ClFN2O2S2. The minimum absolute atomic E-state index is 0.00201. The molecule has 8 heteroatoms. The summed E-state index contributed by atoms with van der Waals surface area (Å²) in [7, 11) is -3.82. The van der Waals surface area contributed by atoms with Gasteiger partial charge >= 0.3 is 0 Å². The van der Waals surface area contributed by atoms with E-state index in [1.165, 1.54) is 12.1 Å². The van der Waals surface area contributed by atoms with E-state index in [2.05, 4.69) is 4.72 Å². The molecule has 1 aromatic carbocycles. The Morgan fingerprint density at radius 1 is 1.37 bits per heavy atom. The predicted octanol–water partition coefficient (Wildman–Crippen LogP) is 3.23. The highest BCUT2D eigenvalue weighted by atomic mass is 35.5. The number of benzene rings is 1. The molecule has 1 heterocycles. The molecule has 0 radical (unpaired) electrons. The quantitative estimate of drug-likeness (QED) is 0.853. The van der Waals surface area contributed by atoms with E-state index in [1.54, 1.807) is 6.92 Å². The Balaban J connectivity index is 2.39. The third-order valence-electron chi connectivity index (χ3n) is 2.36. The van der Waals surface area contributed by atoms with Gasteiger partial charge < -0.3 is 5.73 Å². The van der Waals surface area contributed by atoms with E-state index >= 15 is 0 Å². The Hall–Kier alpha value is -1.31. The monoisotopic (exact) mass is 320 g/mol. The number of sulfonamides is 1. The zero-order valence-electron chi connectivity index (χ0n) is 9.78. The zero-order chi connectivity index (χ0) is 14.2. The SMILES string of the molecule is Cc1cc(S(=O)(=O)Nc2cc(F)ccc2N)sc1Cl. The molecule has 0 unspecified atom stereocenters. The molecule has 0 saturated heterocycles. The van der Waals surface area contributed by atoms with E-state index in [-0.39, 0.29) is 15.6 Å². The molecule has 19 heavy (non-hydrogen) atoms. The Morgan fingerprint density at radius 3 is 2.63 bits per heavy atom. The first-order valence-corrected chi connectivity index (χ1v) is 7.81. The van der Waals surface area contributed by atoms with Crippen molar-refractivity contribution >= 4 is 44.3 Å². The molecule has 0 fully saturated rings. The Morgan fingerprint density at radius 2 is 2.05 bits per heavy atom. The van der Waals surface area contributed by atoms with Crippen molar-refractivity contribution < 1.29 is 12.8 Å². The summed E-state index contributed by atoms with van der Waals surface area (Å²) in [5, 5.41) is 0. The lowest BCUT2D eigenvalue weighted by molar-refractivity contribution is 0.603. The fourth-order valence-electron chi connectivity index (χ4n) is 1.38. The summed E-state index contributed by atoms with van der Waals surface area (Å²) in [6.07, 6.45) is 0. The van der Waals surface area contributed by atoms with Crippen LogP contribution < -0.4 is 10.5 Å². The minimum Gasteiger partial charge on any atom is -0.397 e. The molecule has 0 spiro atoms. The number of hydrogen-bond acceptors (Lipinski definition) is 4. The normalized spacial score (nSPS) is 11.5. The van der Waals surface area contributed by atoms with Gasteiger partial charge in [-0.25, -0.2) is 12.8 Å². The molecular weight excluding hydrogens is 311 g/mol. The second-order valence-electron chi connectivity index (χ2n) is 3.86. The van der Waals surface area contributed by atoms with Crippen molar-refractivity contribution in [1.29, 1.82) is 0 Å². The average Bonchev–Trinajstić information content (AvgIpc) is 2.65. The van der Waals surface area contributed by atoms with Gasteiger partial charge in [-0.15, -0.1) is 11.3 Å². The lowest BCUT2D eigenvalue weighted by Crippen LogP contribution is -2.13. The van der Waals surface area contributed by atoms with Gasteiger partial charge in [0.2, 0.25) is 0 Å². The van der Waals surface area contributed by atoms with Crippen molar-refractivity contribution in [3.63, 3.8) is 0 Å². The van der Waals surface area contributed by atoms with Gasteiger partial charge in [-0.05, 0) is 30.7 Å². The van der Waals surface area contributed by atoms with E-state index in [1.807, 2.05) is 0 Å². The maximum absolute atomic E-state index is 13.1. The zero-order valence-corrected chi connectivity index (χ0v) is 12.2. The third-order valence-corrected chi connectivity index (χ3v) is 5.75. The second kappa shape index (κ2) is 4.99. The van der Waals surface area contributed by atoms with Crippen molar-refractivity contribution in [2.45, 2.75) is 11.1 Å². The lowest BCUT2D eigenvalue weighted by atomic mass is 10.3. The van der Waals surface area contributed by atoms with E-state index in [0.29, 0.717) is 9.90 Å². The summed E-state index contributed by atoms with van der Waals surface area (Å²) >= 11 is 6.77. The van der Waals surface area contributed by atoms with Crippen molar-refractivity contribution in [2.75, 3.05) is 10.5 Å². The van der Waals surface area contributed by atoms with Crippen LogP contribution >= 0.6 is 22.9 Å². The van der Waals surface area contributed by atoms with Gasteiger partial charge in [0, 0.05) is 6.07 Å². The van der Waals surface area contributed by atoms with E-state index in [4.69, 9.17) is 17.3 Å². The Bertz CT molecular complexity index is 709. The van der Waals surface area contributed by atoms with E-state index < -0.39 is 15.8 Å². The Kier molecular flexibility index (Phi) is 3.71. The maximum Gasteiger partial charge on any atom is 0.271 e. The maximum atomic E-state index is 13.1. The number of nitrogens with one attached hydrogen (secondary N) is 1. The topological polar surface area (TPSA) is 72.2 Å². The second-order valence-corrected chi connectivity index (χ2v) is 7.42. The molecule has 3 N–H and O–H groups in total. The number of anilines is 2. The Labute approximate surface area is 119 Å². The van der Waals surface area contributed by atoms with E-state index in [9.17, 15) is 12.8 Å². The van der Waals surface area contributed by atoms with Crippen LogP contribution in [0.2, 0.25) is 4.34 Å². The predicted molar refractivity (Wildman–Crippen MR) is 75.7 cm³/mol. The van der Waals surface area contributed by atoms with Gasteiger partial charge in [-0.1, -0.05) is 11.6 Å². The summed E-state index contributed by atoms with van der Waals surface area (Å²) in [6.45, 7) is 1.70. The highest BCUT2D eigenvalue weighted by Crippen LogP contribution is 2.32. The summed E-state index contributed by atoms with van der Waals surface area (Å²) in [5.74, 6) is -0.577. The largest absolute Gasteiger partial charge is 0.397 e. The first-order valence-electron chi connectivity index (χ1n) is 5.13. The van der Waals surface area contributed by atoms with Gasteiger partial charge in [0.1, 0.15) is 10.0 Å². The van der Waals surface area contributed by atoms with Crippen molar-refractivity contribution in [2.24, 2.45) is 0 Å². The first-order chi connectivity index (χ1) is 8.79. The summed E-state index contributed by atoms with van der Waals surface area (Å²) in [4.78, 5) is 0. The third kappa shape index (κ3) is 2.99. The van der Waals surface area contributed by atoms with Crippen LogP contribution in [0.1, 0.15) is 5.56 Å². The van der Waals surface area contributed by atoms with Crippen LogP contribution in [0.4, 0.5) is 15.8 Å². The molecule has 0 aliphatic rings. The van der Waals surface area contributed by atoms with Gasteiger partial charge in [0.25, 0.3) is 10.0 Å². The molecule has 0 aliphatic carbocycles. The summed E-state index contributed by atoms with van der Waals surface area (Å²) in [6, 6.07) is 4.92. The van der Waals surface area contributed by atoms with Crippen molar-refractivity contribution in [3.05, 3.63) is 40.0 Å². The number of aryl methyl sites for hydroxylation is 1. The summed E-state index contributed by atoms with van der Waals surface area (Å²) in [5.41, 5.74) is 6.40. The number of hydrogen-bond donors (Lipinski definition) is 2. The molecule has 0 aliphatic heterocycles. The molecule has 0 bridgehead atoms. The molecule has 0 atom stereocenters. The van der Waals surface area contributed by atoms with Gasteiger partial charge in [0.05, 0.1) is 15.7 Å². The fraction of sp³-hybridized carbons (Fsp3) is 0.0909. The molecule has 102 valence electrons. The van der Waals surface area contributed by atoms with Crippen molar-refractivity contribution in [1.82, 2.24) is 0 Å². The van der Waals surface area contributed by atoms with Crippen LogP contribution in [0, 0.1) is 12.7 Å². The minimum atomic E-state index is -3.82. The smallest absolute Gasteiger partial charge is 0.271 e. The van der Waals surface area contributed by atoms with Crippen LogP contribution in [0.15, 0.2) is 28.5 Å². The van der Waals surface area contributed by atoms with Crippen LogP contribution in [-0.4, -0.2) is 8.42 Å². The molecule has 2 aromatic rings.